The molecule has 0 bridgehead atoms. The van der Waals surface area contributed by atoms with Gasteiger partial charge in [-0.05, 0) is 44.6 Å². The summed E-state index contributed by atoms with van der Waals surface area (Å²) >= 11 is 4.24. The van der Waals surface area contributed by atoms with Gasteiger partial charge in [0.2, 0.25) is 0 Å². The molecule has 4 heteroatoms. The van der Waals surface area contributed by atoms with Crippen LogP contribution in [0, 0.1) is 0 Å². The molecule has 1 aromatic rings. The summed E-state index contributed by atoms with van der Waals surface area (Å²) in [6.07, 6.45) is 5.14. The van der Waals surface area contributed by atoms with Crippen molar-refractivity contribution < 1.29 is 0 Å². The molecular formula is C16H29N3S. The van der Waals surface area contributed by atoms with E-state index in [1.54, 1.807) is 0 Å². The second-order valence-electron chi connectivity index (χ2n) is 5.32. The van der Waals surface area contributed by atoms with Crippen LogP contribution in [0.2, 0.25) is 0 Å². The van der Waals surface area contributed by atoms with Crippen LogP contribution in [0.15, 0.2) is 24.3 Å². The quantitative estimate of drug-likeness (QED) is 0.334. The van der Waals surface area contributed by atoms with Crippen molar-refractivity contribution in [1.29, 1.82) is 0 Å². The maximum Gasteiger partial charge on any atom is 0.0359 e. The van der Waals surface area contributed by atoms with Gasteiger partial charge in [-0.1, -0.05) is 31.0 Å². The van der Waals surface area contributed by atoms with Crippen molar-refractivity contribution >= 4 is 18.3 Å². The average molecular weight is 295 g/mol. The first-order valence-corrected chi connectivity index (χ1v) is 8.21. The van der Waals surface area contributed by atoms with E-state index in [1.165, 1.54) is 37.8 Å². The molecule has 0 aliphatic carbocycles. The van der Waals surface area contributed by atoms with Gasteiger partial charge in [0, 0.05) is 24.5 Å². The van der Waals surface area contributed by atoms with Gasteiger partial charge < -0.3 is 16.0 Å². The lowest BCUT2D eigenvalue weighted by Gasteiger charge is -2.14. The molecule has 0 aliphatic rings. The van der Waals surface area contributed by atoms with Gasteiger partial charge in [0.1, 0.15) is 0 Å². The first-order valence-electron chi connectivity index (χ1n) is 7.57. The lowest BCUT2D eigenvalue weighted by molar-refractivity contribution is 0.343. The van der Waals surface area contributed by atoms with E-state index >= 15 is 0 Å². The van der Waals surface area contributed by atoms with E-state index in [4.69, 9.17) is 5.73 Å². The van der Waals surface area contributed by atoms with Gasteiger partial charge in [-0.15, -0.1) is 0 Å². The molecule has 0 fully saturated rings. The summed E-state index contributed by atoms with van der Waals surface area (Å²) < 4.78 is 0. The van der Waals surface area contributed by atoms with Crippen molar-refractivity contribution in [3.8, 4) is 0 Å². The Morgan fingerprint density at radius 1 is 1.10 bits per heavy atom. The number of unbranched alkanes of at least 4 members (excludes halogenated alkanes) is 3. The minimum atomic E-state index is 0.872. The summed E-state index contributed by atoms with van der Waals surface area (Å²) in [7, 11) is 2.17. The first-order chi connectivity index (χ1) is 9.74. The van der Waals surface area contributed by atoms with E-state index < -0.39 is 0 Å². The van der Waals surface area contributed by atoms with Crippen LogP contribution in [0.1, 0.15) is 31.2 Å². The first kappa shape index (κ1) is 17.3. The van der Waals surface area contributed by atoms with Crippen molar-refractivity contribution in [3.05, 3.63) is 29.8 Å². The Balaban J connectivity index is 1.94. The van der Waals surface area contributed by atoms with Crippen LogP contribution in [0.5, 0.6) is 0 Å². The largest absolute Gasteiger partial charge is 0.398 e. The fourth-order valence-electron chi connectivity index (χ4n) is 2.19. The molecule has 1 aromatic carbocycles. The zero-order valence-electron chi connectivity index (χ0n) is 12.6. The molecular weight excluding hydrogens is 266 g/mol. The van der Waals surface area contributed by atoms with Crippen LogP contribution in [0.4, 0.5) is 5.69 Å². The molecule has 0 atom stereocenters. The number of nitrogens with zero attached hydrogens (tertiary/aromatic N) is 1. The Morgan fingerprint density at radius 2 is 1.85 bits per heavy atom. The number of rotatable bonds is 11. The summed E-state index contributed by atoms with van der Waals surface area (Å²) in [6.45, 7) is 4.22. The molecule has 0 amide bonds. The second-order valence-corrected chi connectivity index (χ2v) is 5.76. The van der Waals surface area contributed by atoms with Gasteiger partial charge in [0.25, 0.3) is 0 Å². The fourth-order valence-corrected chi connectivity index (χ4v) is 2.53. The number of thiol groups is 1. The average Bonchev–Trinajstić information content (AvgIpc) is 2.44. The van der Waals surface area contributed by atoms with Crippen LogP contribution < -0.4 is 11.1 Å². The van der Waals surface area contributed by atoms with Crippen molar-refractivity contribution in [2.45, 2.75) is 32.2 Å². The van der Waals surface area contributed by atoms with Crippen molar-refractivity contribution in [3.63, 3.8) is 0 Å². The van der Waals surface area contributed by atoms with Crippen molar-refractivity contribution in [2.24, 2.45) is 0 Å². The summed E-state index contributed by atoms with van der Waals surface area (Å²) in [6, 6.07) is 8.05. The standard InChI is InChI=1S/C16H29N3S/c1-19(12-13-20)11-7-3-2-6-10-18-14-15-8-4-5-9-16(15)17/h4-5,8-9,18,20H,2-3,6-7,10-14,17H2,1H3. The molecule has 1 rings (SSSR count). The Hall–Kier alpha value is -0.710. The van der Waals surface area contributed by atoms with Crippen LogP contribution in [0.3, 0.4) is 0 Å². The Morgan fingerprint density at radius 3 is 2.60 bits per heavy atom. The number of hydrogen-bond acceptors (Lipinski definition) is 4. The molecule has 0 heterocycles. The van der Waals surface area contributed by atoms with Crippen LogP contribution in [0.25, 0.3) is 0 Å². The van der Waals surface area contributed by atoms with Gasteiger partial charge in [-0.25, -0.2) is 0 Å². The topological polar surface area (TPSA) is 41.3 Å². The highest BCUT2D eigenvalue weighted by Gasteiger charge is 1.98. The van der Waals surface area contributed by atoms with Gasteiger partial charge in [0.05, 0.1) is 0 Å². The summed E-state index contributed by atoms with van der Waals surface area (Å²) in [5, 5.41) is 3.46. The van der Waals surface area contributed by atoms with Crippen LogP contribution in [-0.4, -0.2) is 37.3 Å². The number of nitrogens with two attached hydrogens (primary N) is 1. The lowest BCUT2D eigenvalue weighted by Crippen LogP contribution is -2.21. The molecule has 3 N–H and O–H groups in total. The number of nitrogens with one attached hydrogen (secondary N) is 1. The van der Waals surface area contributed by atoms with E-state index in [-0.39, 0.29) is 0 Å². The molecule has 0 saturated carbocycles. The molecule has 0 unspecified atom stereocenters. The molecule has 0 aliphatic heterocycles. The van der Waals surface area contributed by atoms with Crippen molar-refractivity contribution in [1.82, 2.24) is 10.2 Å². The predicted octanol–water partition coefficient (Wildman–Crippen LogP) is 2.78. The van der Waals surface area contributed by atoms with E-state index in [1.807, 2.05) is 18.2 Å². The third kappa shape index (κ3) is 7.78. The summed E-state index contributed by atoms with van der Waals surface area (Å²) in [4.78, 5) is 2.35. The molecule has 3 nitrogen and oxygen atoms in total. The highest BCUT2D eigenvalue weighted by molar-refractivity contribution is 7.80. The van der Waals surface area contributed by atoms with Gasteiger partial charge >= 0.3 is 0 Å². The highest BCUT2D eigenvalue weighted by Crippen LogP contribution is 2.09. The fraction of sp³-hybridized carbons (Fsp3) is 0.625. The van der Waals surface area contributed by atoms with E-state index in [0.717, 1.165) is 31.1 Å². The zero-order chi connectivity index (χ0) is 14.6. The zero-order valence-corrected chi connectivity index (χ0v) is 13.5. The second kappa shape index (κ2) is 11.0. The lowest BCUT2D eigenvalue weighted by atomic mass is 10.1. The summed E-state index contributed by atoms with van der Waals surface area (Å²) in [5.74, 6) is 0.947. The van der Waals surface area contributed by atoms with Gasteiger partial charge in [0.15, 0.2) is 0 Å². The maximum atomic E-state index is 5.90. The maximum absolute atomic E-state index is 5.90. The number of anilines is 1. The van der Waals surface area contributed by atoms with Gasteiger partial charge in [-0.3, -0.25) is 0 Å². The third-order valence-corrected chi connectivity index (χ3v) is 3.70. The highest BCUT2D eigenvalue weighted by atomic mass is 32.1. The number of para-hydroxylation sites is 1. The summed E-state index contributed by atoms with van der Waals surface area (Å²) in [5.41, 5.74) is 7.98. The monoisotopic (exact) mass is 295 g/mol. The Kier molecular flexibility index (Phi) is 9.54. The molecule has 114 valence electrons. The SMILES string of the molecule is CN(CCS)CCCCCCNCc1ccccc1N. The molecule has 0 aromatic heterocycles. The van der Waals surface area contributed by atoms with Gasteiger partial charge in [-0.2, -0.15) is 12.6 Å². The van der Waals surface area contributed by atoms with Crippen LogP contribution >= 0.6 is 12.6 Å². The smallest absolute Gasteiger partial charge is 0.0359 e. The van der Waals surface area contributed by atoms with E-state index in [0.29, 0.717) is 0 Å². The molecule has 0 saturated heterocycles. The Bertz CT molecular complexity index is 357. The van der Waals surface area contributed by atoms with E-state index in [2.05, 4.69) is 36.0 Å². The molecule has 20 heavy (non-hydrogen) atoms. The third-order valence-electron chi connectivity index (χ3n) is 3.50. The minimum absolute atomic E-state index is 0.872. The molecule has 0 radical (unpaired) electrons. The van der Waals surface area contributed by atoms with Crippen LogP contribution in [-0.2, 0) is 6.54 Å². The van der Waals surface area contributed by atoms with E-state index in [9.17, 15) is 0 Å². The number of benzene rings is 1. The predicted molar refractivity (Wildman–Crippen MR) is 92.4 cm³/mol. The van der Waals surface area contributed by atoms with Crippen molar-refractivity contribution in [2.75, 3.05) is 38.2 Å². The number of nitrogen functional groups attached to an aromatic ring is 1. The normalized spacial score (nSPS) is 11.2. The number of hydrogen-bond donors (Lipinski definition) is 3. The molecule has 0 spiro atoms. The minimum Gasteiger partial charge on any atom is -0.398 e. The Labute approximate surface area is 129 Å².